The molecule has 1 heterocycles. The first-order valence-corrected chi connectivity index (χ1v) is 4.55. The second-order valence-corrected chi connectivity index (χ2v) is 3.16. The van der Waals surface area contributed by atoms with E-state index in [1.165, 1.54) is 0 Å². The van der Waals surface area contributed by atoms with Crippen molar-refractivity contribution in [2.24, 2.45) is 0 Å². The fourth-order valence-electron chi connectivity index (χ4n) is 0.844. The summed E-state index contributed by atoms with van der Waals surface area (Å²) in [6.07, 6.45) is 0. The van der Waals surface area contributed by atoms with Crippen LogP contribution in [-0.2, 0) is 6.54 Å². The van der Waals surface area contributed by atoms with Crippen molar-refractivity contribution < 1.29 is 5.11 Å². The SMILES string of the molecule is OCCNCc1cccc(Br)n1. The molecule has 12 heavy (non-hydrogen) atoms. The molecular weight excluding hydrogens is 220 g/mol. The van der Waals surface area contributed by atoms with Crippen molar-refractivity contribution in [3.63, 3.8) is 0 Å². The Morgan fingerprint density at radius 1 is 1.50 bits per heavy atom. The predicted octanol–water partition coefficient (Wildman–Crippen LogP) is 0.926. The first kappa shape index (κ1) is 9.64. The van der Waals surface area contributed by atoms with Crippen LogP contribution >= 0.6 is 15.9 Å². The van der Waals surface area contributed by atoms with Crippen molar-refractivity contribution in [2.45, 2.75) is 6.54 Å². The van der Waals surface area contributed by atoms with E-state index in [9.17, 15) is 0 Å². The number of hydrogen-bond donors (Lipinski definition) is 2. The Kier molecular flexibility index (Phi) is 4.21. The number of rotatable bonds is 4. The molecule has 0 aromatic carbocycles. The zero-order valence-corrected chi connectivity index (χ0v) is 8.21. The average molecular weight is 231 g/mol. The summed E-state index contributed by atoms with van der Waals surface area (Å²) < 4.78 is 0.839. The van der Waals surface area contributed by atoms with Gasteiger partial charge in [-0.3, -0.25) is 0 Å². The predicted molar refractivity (Wildman–Crippen MR) is 50.7 cm³/mol. The maximum atomic E-state index is 8.51. The maximum absolute atomic E-state index is 8.51. The van der Waals surface area contributed by atoms with Crippen LogP contribution in [0.4, 0.5) is 0 Å². The minimum Gasteiger partial charge on any atom is -0.395 e. The molecule has 1 rings (SSSR count). The van der Waals surface area contributed by atoms with Crippen LogP contribution < -0.4 is 5.32 Å². The molecule has 0 saturated heterocycles. The van der Waals surface area contributed by atoms with Gasteiger partial charge in [0.05, 0.1) is 12.3 Å². The molecule has 0 spiro atoms. The molecule has 0 unspecified atom stereocenters. The zero-order valence-electron chi connectivity index (χ0n) is 6.63. The summed E-state index contributed by atoms with van der Waals surface area (Å²) in [6, 6.07) is 5.76. The van der Waals surface area contributed by atoms with Crippen LogP contribution in [-0.4, -0.2) is 23.2 Å². The highest BCUT2D eigenvalue weighted by Gasteiger charge is 1.93. The van der Waals surface area contributed by atoms with E-state index in [0.717, 1.165) is 10.3 Å². The quantitative estimate of drug-likeness (QED) is 0.598. The number of aliphatic hydroxyl groups is 1. The summed E-state index contributed by atoms with van der Waals surface area (Å²) in [4.78, 5) is 4.22. The lowest BCUT2D eigenvalue weighted by molar-refractivity contribution is 0.291. The van der Waals surface area contributed by atoms with Crippen molar-refractivity contribution in [1.29, 1.82) is 0 Å². The molecule has 0 atom stereocenters. The van der Waals surface area contributed by atoms with Crippen LogP contribution in [0.1, 0.15) is 5.69 Å². The summed E-state index contributed by atoms with van der Waals surface area (Å²) in [5.41, 5.74) is 0.970. The molecule has 2 N–H and O–H groups in total. The van der Waals surface area contributed by atoms with E-state index < -0.39 is 0 Å². The van der Waals surface area contributed by atoms with Gasteiger partial charge in [0.1, 0.15) is 4.60 Å². The molecule has 0 aliphatic carbocycles. The van der Waals surface area contributed by atoms with Crippen molar-refractivity contribution in [3.8, 4) is 0 Å². The maximum Gasteiger partial charge on any atom is 0.106 e. The molecule has 0 radical (unpaired) electrons. The van der Waals surface area contributed by atoms with Gasteiger partial charge in [0.25, 0.3) is 0 Å². The van der Waals surface area contributed by atoms with Gasteiger partial charge in [-0.25, -0.2) is 4.98 Å². The molecule has 0 aliphatic rings. The third kappa shape index (κ3) is 3.30. The smallest absolute Gasteiger partial charge is 0.106 e. The average Bonchev–Trinajstić information content (AvgIpc) is 2.05. The van der Waals surface area contributed by atoms with E-state index >= 15 is 0 Å². The van der Waals surface area contributed by atoms with Crippen LogP contribution in [0, 0.1) is 0 Å². The van der Waals surface area contributed by atoms with Gasteiger partial charge < -0.3 is 10.4 Å². The first-order valence-electron chi connectivity index (χ1n) is 3.76. The molecule has 0 amide bonds. The minimum atomic E-state index is 0.161. The fourth-order valence-corrected chi connectivity index (χ4v) is 1.22. The summed E-state index contributed by atoms with van der Waals surface area (Å²) >= 11 is 3.28. The molecule has 1 aromatic rings. The molecule has 0 saturated carbocycles. The number of aliphatic hydroxyl groups excluding tert-OH is 1. The fraction of sp³-hybridized carbons (Fsp3) is 0.375. The molecule has 3 nitrogen and oxygen atoms in total. The van der Waals surface area contributed by atoms with Crippen LogP contribution in [0.3, 0.4) is 0 Å². The molecule has 0 aliphatic heterocycles. The summed E-state index contributed by atoms with van der Waals surface area (Å²) in [7, 11) is 0. The Labute approximate surface area is 80.0 Å². The van der Waals surface area contributed by atoms with Crippen LogP contribution in [0.15, 0.2) is 22.8 Å². The summed E-state index contributed by atoms with van der Waals surface area (Å²) in [6.45, 7) is 1.46. The lowest BCUT2D eigenvalue weighted by Crippen LogP contribution is -2.18. The van der Waals surface area contributed by atoms with Crippen molar-refractivity contribution in [2.75, 3.05) is 13.2 Å². The molecular formula is C8H11BrN2O. The molecule has 0 bridgehead atoms. The van der Waals surface area contributed by atoms with Gasteiger partial charge in [-0.05, 0) is 28.1 Å². The van der Waals surface area contributed by atoms with E-state index in [1.807, 2.05) is 18.2 Å². The second kappa shape index (κ2) is 5.24. The molecule has 4 heteroatoms. The highest BCUT2D eigenvalue weighted by Crippen LogP contribution is 2.05. The van der Waals surface area contributed by atoms with Crippen LogP contribution in [0.25, 0.3) is 0 Å². The molecule has 66 valence electrons. The van der Waals surface area contributed by atoms with E-state index in [4.69, 9.17) is 5.11 Å². The van der Waals surface area contributed by atoms with Gasteiger partial charge in [-0.15, -0.1) is 0 Å². The molecule has 0 fully saturated rings. The number of nitrogens with one attached hydrogen (secondary N) is 1. The summed E-state index contributed by atoms with van der Waals surface area (Å²) in [5.74, 6) is 0. The number of hydrogen-bond acceptors (Lipinski definition) is 3. The normalized spacial score (nSPS) is 10.2. The number of nitrogens with zero attached hydrogens (tertiary/aromatic N) is 1. The monoisotopic (exact) mass is 230 g/mol. The lowest BCUT2D eigenvalue weighted by Gasteiger charge is -2.01. The number of pyridine rings is 1. The Hall–Kier alpha value is -0.450. The highest BCUT2D eigenvalue weighted by atomic mass is 79.9. The largest absolute Gasteiger partial charge is 0.395 e. The second-order valence-electron chi connectivity index (χ2n) is 2.35. The topological polar surface area (TPSA) is 45.1 Å². The number of halogens is 1. The van der Waals surface area contributed by atoms with Crippen molar-refractivity contribution in [3.05, 3.63) is 28.5 Å². The van der Waals surface area contributed by atoms with Gasteiger partial charge >= 0.3 is 0 Å². The van der Waals surface area contributed by atoms with Gasteiger partial charge in [-0.1, -0.05) is 6.07 Å². The Morgan fingerprint density at radius 3 is 3.00 bits per heavy atom. The standard InChI is InChI=1S/C8H11BrN2O/c9-8-3-1-2-7(11-8)6-10-4-5-12/h1-3,10,12H,4-6H2. The van der Waals surface area contributed by atoms with Crippen molar-refractivity contribution in [1.82, 2.24) is 10.3 Å². The lowest BCUT2D eigenvalue weighted by atomic mass is 10.3. The summed E-state index contributed by atoms with van der Waals surface area (Å²) in [5, 5.41) is 11.6. The Bertz CT molecular complexity index is 242. The third-order valence-electron chi connectivity index (χ3n) is 1.37. The van der Waals surface area contributed by atoms with E-state index in [-0.39, 0.29) is 6.61 Å². The Morgan fingerprint density at radius 2 is 2.33 bits per heavy atom. The van der Waals surface area contributed by atoms with Gasteiger partial charge in [0.2, 0.25) is 0 Å². The van der Waals surface area contributed by atoms with Crippen molar-refractivity contribution >= 4 is 15.9 Å². The van der Waals surface area contributed by atoms with Gasteiger partial charge in [0, 0.05) is 13.1 Å². The zero-order chi connectivity index (χ0) is 8.81. The number of aromatic nitrogens is 1. The Balaban J connectivity index is 2.41. The van der Waals surface area contributed by atoms with Crippen LogP contribution in [0.5, 0.6) is 0 Å². The van der Waals surface area contributed by atoms with E-state index in [0.29, 0.717) is 13.1 Å². The van der Waals surface area contributed by atoms with Gasteiger partial charge in [0.15, 0.2) is 0 Å². The van der Waals surface area contributed by atoms with Gasteiger partial charge in [-0.2, -0.15) is 0 Å². The third-order valence-corrected chi connectivity index (χ3v) is 1.81. The van der Waals surface area contributed by atoms with E-state index in [1.54, 1.807) is 0 Å². The molecule has 1 aromatic heterocycles. The van der Waals surface area contributed by atoms with Crippen LogP contribution in [0.2, 0.25) is 0 Å². The minimum absolute atomic E-state index is 0.161. The van der Waals surface area contributed by atoms with E-state index in [2.05, 4.69) is 26.2 Å². The highest BCUT2D eigenvalue weighted by molar-refractivity contribution is 9.10. The first-order chi connectivity index (χ1) is 5.83.